The molecule has 102 valence electrons. The summed E-state index contributed by atoms with van der Waals surface area (Å²) >= 11 is 3.22. The highest BCUT2D eigenvalue weighted by Gasteiger charge is 2.08. The molecule has 19 heavy (non-hydrogen) atoms. The van der Waals surface area contributed by atoms with E-state index in [1.165, 1.54) is 0 Å². The van der Waals surface area contributed by atoms with Crippen LogP contribution in [0, 0.1) is 0 Å². The van der Waals surface area contributed by atoms with Gasteiger partial charge in [0.2, 0.25) is 11.7 Å². The van der Waals surface area contributed by atoms with Crippen molar-refractivity contribution < 1.29 is 14.4 Å². The fourth-order valence-electron chi connectivity index (χ4n) is 1.45. The fourth-order valence-corrected chi connectivity index (χ4v) is 2.97. The minimum atomic E-state index is -0.745. The standard InChI is InChI=1S/C12H14N2O3S2/c15-11(16)5-8-18-6-2-4-10-13-12(14-17-10)9-3-1-7-19-9/h1,3,7H,2,4-6,8H2,(H,15,16). The first-order chi connectivity index (χ1) is 9.25. The van der Waals surface area contributed by atoms with Gasteiger partial charge in [0.25, 0.3) is 0 Å². The number of carboxylic acids is 1. The smallest absolute Gasteiger partial charge is 0.304 e. The number of carbonyl (C=O) groups is 1. The van der Waals surface area contributed by atoms with Gasteiger partial charge in [0.05, 0.1) is 11.3 Å². The molecule has 2 rings (SSSR count). The van der Waals surface area contributed by atoms with Crippen molar-refractivity contribution in [3.8, 4) is 10.7 Å². The molecule has 0 saturated carbocycles. The van der Waals surface area contributed by atoms with Gasteiger partial charge in [-0.25, -0.2) is 0 Å². The zero-order chi connectivity index (χ0) is 13.5. The van der Waals surface area contributed by atoms with Crippen LogP contribution in [0.1, 0.15) is 18.7 Å². The van der Waals surface area contributed by atoms with Gasteiger partial charge in [0.15, 0.2) is 0 Å². The van der Waals surface area contributed by atoms with Gasteiger partial charge in [-0.1, -0.05) is 11.2 Å². The number of aryl methyl sites for hydroxylation is 1. The summed E-state index contributed by atoms with van der Waals surface area (Å²) in [5.41, 5.74) is 0. The number of hydrogen-bond acceptors (Lipinski definition) is 6. The van der Waals surface area contributed by atoms with Crippen molar-refractivity contribution in [3.05, 3.63) is 23.4 Å². The fraction of sp³-hybridized carbons (Fsp3) is 0.417. The molecule has 0 bridgehead atoms. The van der Waals surface area contributed by atoms with Crippen molar-refractivity contribution in [2.24, 2.45) is 0 Å². The molecule has 0 radical (unpaired) electrons. The van der Waals surface area contributed by atoms with Crippen LogP contribution in [-0.4, -0.2) is 32.7 Å². The minimum Gasteiger partial charge on any atom is -0.481 e. The number of aliphatic carboxylic acids is 1. The minimum absolute atomic E-state index is 0.216. The molecule has 0 amide bonds. The first-order valence-corrected chi connectivity index (χ1v) is 7.95. The number of thiophene rings is 1. The highest BCUT2D eigenvalue weighted by molar-refractivity contribution is 7.99. The number of carboxylic acid groups (broad SMARTS) is 1. The average Bonchev–Trinajstić information content (AvgIpc) is 3.03. The Labute approximate surface area is 119 Å². The van der Waals surface area contributed by atoms with E-state index in [1.54, 1.807) is 23.1 Å². The number of rotatable bonds is 8. The van der Waals surface area contributed by atoms with Crippen LogP contribution in [0.25, 0.3) is 10.7 Å². The van der Waals surface area contributed by atoms with Crippen LogP contribution in [0.15, 0.2) is 22.0 Å². The van der Waals surface area contributed by atoms with Crippen LogP contribution in [0.4, 0.5) is 0 Å². The maximum absolute atomic E-state index is 10.3. The third-order valence-corrected chi connectivity index (χ3v) is 4.29. The number of hydrogen-bond donors (Lipinski definition) is 1. The van der Waals surface area contributed by atoms with E-state index in [4.69, 9.17) is 9.63 Å². The Morgan fingerprint density at radius 1 is 1.47 bits per heavy atom. The molecule has 0 saturated heterocycles. The molecule has 0 aliphatic heterocycles. The van der Waals surface area contributed by atoms with E-state index in [1.807, 2.05) is 17.5 Å². The number of nitrogens with zero attached hydrogens (tertiary/aromatic N) is 2. The molecular formula is C12H14N2O3S2. The van der Waals surface area contributed by atoms with E-state index in [9.17, 15) is 4.79 Å². The Hall–Kier alpha value is -1.34. The Morgan fingerprint density at radius 2 is 2.37 bits per heavy atom. The molecule has 2 aromatic rings. The first kappa shape index (κ1) is 14.1. The quantitative estimate of drug-likeness (QED) is 0.755. The molecule has 0 atom stereocenters. The van der Waals surface area contributed by atoms with E-state index in [0.717, 1.165) is 23.5 Å². The van der Waals surface area contributed by atoms with Gasteiger partial charge in [0.1, 0.15) is 0 Å². The summed E-state index contributed by atoms with van der Waals surface area (Å²) in [6.07, 6.45) is 1.86. The maximum atomic E-state index is 10.3. The van der Waals surface area contributed by atoms with Crippen LogP contribution in [0.2, 0.25) is 0 Å². The highest BCUT2D eigenvalue weighted by Crippen LogP contribution is 2.21. The van der Waals surface area contributed by atoms with Crippen molar-refractivity contribution in [2.75, 3.05) is 11.5 Å². The van der Waals surface area contributed by atoms with E-state index < -0.39 is 5.97 Å². The number of aromatic nitrogens is 2. The molecule has 7 heteroatoms. The lowest BCUT2D eigenvalue weighted by molar-refractivity contribution is -0.136. The molecular weight excluding hydrogens is 284 g/mol. The van der Waals surface area contributed by atoms with Crippen molar-refractivity contribution in [1.82, 2.24) is 10.1 Å². The third kappa shape index (κ3) is 4.68. The van der Waals surface area contributed by atoms with Crippen LogP contribution in [0.3, 0.4) is 0 Å². The van der Waals surface area contributed by atoms with Crippen LogP contribution in [0.5, 0.6) is 0 Å². The van der Waals surface area contributed by atoms with Gasteiger partial charge in [0, 0.05) is 12.2 Å². The zero-order valence-corrected chi connectivity index (χ0v) is 11.9. The van der Waals surface area contributed by atoms with Crippen molar-refractivity contribution >= 4 is 29.1 Å². The second-order valence-electron chi connectivity index (χ2n) is 3.85. The van der Waals surface area contributed by atoms with Gasteiger partial charge in [-0.3, -0.25) is 4.79 Å². The summed E-state index contributed by atoms with van der Waals surface area (Å²) in [4.78, 5) is 15.7. The van der Waals surface area contributed by atoms with Crippen molar-refractivity contribution in [2.45, 2.75) is 19.3 Å². The first-order valence-electron chi connectivity index (χ1n) is 5.91. The SMILES string of the molecule is O=C(O)CCSCCCc1nc(-c2cccs2)no1. The van der Waals surface area contributed by atoms with Gasteiger partial charge in [-0.15, -0.1) is 11.3 Å². The van der Waals surface area contributed by atoms with Crippen LogP contribution >= 0.6 is 23.1 Å². The summed E-state index contributed by atoms with van der Waals surface area (Å²) in [6, 6.07) is 3.91. The van der Waals surface area contributed by atoms with E-state index in [2.05, 4.69) is 10.1 Å². The highest BCUT2D eigenvalue weighted by atomic mass is 32.2. The van der Waals surface area contributed by atoms with E-state index in [-0.39, 0.29) is 6.42 Å². The van der Waals surface area contributed by atoms with Crippen LogP contribution < -0.4 is 0 Å². The van der Waals surface area contributed by atoms with E-state index in [0.29, 0.717) is 17.5 Å². The summed E-state index contributed by atoms with van der Waals surface area (Å²) in [7, 11) is 0. The predicted octanol–water partition coefficient (Wildman–Crippen LogP) is 2.94. The molecule has 0 aromatic carbocycles. The molecule has 2 aromatic heterocycles. The topological polar surface area (TPSA) is 76.2 Å². The monoisotopic (exact) mass is 298 g/mol. The zero-order valence-electron chi connectivity index (χ0n) is 10.2. The van der Waals surface area contributed by atoms with Gasteiger partial charge < -0.3 is 9.63 Å². The lowest BCUT2D eigenvalue weighted by Crippen LogP contribution is -1.97. The van der Waals surface area contributed by atoms with E-state index >= 15 is 0 Å². The molecule has 0 unspecified atom stereocenters. The summed E-state index contributed by atoms with van der Waals surface area (Å²) in [5.74, 6) is 2.10. The Kier molecular flexibility index (Phi) is 5.41. The molecule has 2 heterocycles. The molecule has 0 aliphatic carbocycles. The molecule has 0 aliphatic rings. The summed E-state index contributed by atoms with van der Waals surface area (Å²) in [5, 5.41) is 14.4. The second-order valence-corrected chi connectivity index (χ2v) is 6.02. The molecule has 0 fully saturated rings. The van der Waals surface area contributed by atoms with Gasteiger partial charge in [-0.05, 0) is 23.6 Å². The van der Waals surface area contributed by atoms with Crippen molar-refractivity contribution in [1.29, 1.82) is 0 Å². The normalized spacial score (nSPS) is 10.7. The van der Waals surface area contributed by atoms with Crippen molar-refractivity contribution in [3.63, 3.8) is 0 Å². The van der Waals surface area contributed by atoms with Gasteiger partial charge in [-0.2, -0.15) is 16.7 Å². The Balaban J connectivity index is 1.68. The molecule has 1 N–H and O–H groups in total. The van der Waals surface area contributed by atoms with Crippen LogP contribution in [-0.2, 0) is 11.2 Å². The predicted molar refractivity (Wildman–Crippen MR) is 75.5 cm³/mol. The lowest BCUT2D eigenvalue weighted by atomic mass is 10.3. The molecule has 5 nitrogen and oxygen atoms in total. The second kappa shape index (κ2) is 7.30. The average molecular weight is 298 g/mol. The maximum Gasteiger partial charge on any atom is 0.304 e. The Morgan fingerprint density at radius 3 is 3.11 bits per heavy atom. The summed E-state index contributed by atoms with van der Waals surface area (Å²) in [6.45, 7) is 0. The Bertz CT molecular complexity index is 511. The largest absolute Gasteiger partial charge is 0.481 e. The summed E-state index contributed by atoms with van der Waals surface area (Å²) < 4.78 is 5.18. The molecule has 0 spiro atoms. The third-order valence-electron chi connectivity index (χ3n) is 2.35. The van der Waals surface area contributed by atoms with Gasteiger partial charge >= 0.3 is 5.97 Å². The number of thioether (sulfide) groups is 1. The lowest BCUT2D eigenvalue weighted by Gasteiger charge is -1.97.